The van der Waals surface area contributed by atoms with Gasteiger partial charge in [0, 0.05) is 13.6 Å². The van der Waals surface area contributed by atoms with E-state index in [1.54, 1.807) is 24.1 Å². The van der Waals surface area contributed by atoms with Crippen LogP contribution in [-0.2, 0) is 20.9 Å². The first kappa shape index (κ1) is 20.1. The van der Waals surface area contributed by atoms with Crippen molar-refractivity contribution in [2.75, 3.05) is 33.8 Å². The zero-order chi connectivity index (χ0) is 19.1. The third-order valence-corrected chi connectivity index (χ3v) is 4.47. The van der Waals surface area contributed by atoms with E-state index in [-0.39, 0.29) is 30.1 Å². The molecule has 26 heavy (non-hydrogen) atoms. The van der Waals surface area contributed by atoms with Gasteiger partial charge in [-0.3, -0.25) is 14.5 Å². The maximum atomic E-state index is 12.4. The number of rotatable bonds is 7. The van der Waals surface area contributed by atoms with Gasteiger partial charge in [-0.15, -0.1) is 0 Å². The monoisotopic (exact) mass is 370 g/mol. The minimum absolute atomic E-state index is 0.0329. The van der Waals surface area contributed by atoms with Crippen LogP contribution in [0.15, 0.2) is 24.3 Å². The van der Waals surface area contributed by atoms with Gasteiger partial charge in [0.15, 0.2) is 0 Å². The average molecular weight is 370 g/mol. The highest BCUT2D eigenvalue weighted by atomic mass is 19.3. The molecule has 1 heterocycles. The summed E-state index contributed by atoms with van der Waals surface area (Å²) in [6.45, 7) is -0.824. The molecule has 144 valence electrons. The molecule has 0 radical (unpaired) electrons. The molecule has 0 aliphatic carbocycles. The van der Waals surface area contributed by atoms with Crippen molar-refractivity contribution in [1.82, 2.24) is 9.80 Å². The second kappa shape index (κ2) is 9.47. The Morgan fingerprint density at radius 2 is 1.85 bits per heavy atom. The Kier molecular flexibility index (Phi) is 7.32. The standard InChI is InChI=1S/C18H24F2N2O4/c1-21(11-13-3-5-15(6-4-13)26-18(19)20)16(23)12-22-9-7-14(8-10-22)17(24)25-2/h3-6,14,18H,7-12H2,1-2H3. The highest BCUT2D eigenvalue weighted by Gasteiger charge is 2.26. The number of ether oxygens (including phenoxy) is 2. The lowest BCUT2D eigenvalue weighted by Crippen LogP contribution is -2.43. The van der Waals surface area contributed by atoms with E-state index in [0.717, 1.165) is 5.56 Å². The molecule has 0 unspecified atom stereocenters. The molecule has 1 amide bonds. The van der Waals surface area contributed by atoms with Crippen LogP contribution in [0.3, 0.4) is 0 Å². The van der Waals surface area contributed by atoms with E-state index >= 15 is 0 Å². The molecule has 0 spiro atoms. The quantitative estimate of drug-likeness (QED) is 0.688. The number of likely N-dealkylation sites (N-methyl/N-ethyl adjacent to an activating group) is 1. The van der Waals surface area contributed by atoms with Gasteiger partial charge >= 0.3 is 12.6 Å². The minimum Gasteiger partial charge on any atom is -0.469 e. The smallest absolute Gasteiger partial charge is 0.387 e. The largest absolute Gasteiger partial charge is 0.469 e. The Morgan fingerprint density at radius 1 is 1.23 bits per heavy atom. The summed E-state index contributed by atoms with van der Waals surface area (Å²) in [4.78, 5) is 27.5. The number of benzene rings is 1. The molecule has 1 saturated heterocycles. The van der Waals surface area contributed by atoms with Crippen LogP contribution in [0.5, 0.6) is 5.75 Å². The summed E-state index contributed by atoms with van der Waals surface area (Å²) >= 11 is 0. The number of halogens is 2. The van der Waals surface area contributed by atoms with E-state index in [1.807, 2.05) is 4.90 Å². The fourth-order valence-corrected chi connectivity index (χ4v) is 2.94. The molecule has 1 fully saturated rings. The van der Waals surface area contributed by atoms with Gasteiger partial charge in [0.2, 0.25) is 5.91 Å². The van der Waals surface area contributed by atoms with Crippen LogP contribution in [0, 0.1) is 5.92 Å². The van der Waals surface area contributed by atoms with Crippen LogP contribution in [0.4, 0.5) is 8.78 Å². The molecular weight excluding hydrogens is 346 g/mol. The van der Waals surface area contributed by atoms with E-state index in [1.165, 1.54) is 19.2 Å². The Labute approximate surface area is 151 Å². The van der Waals surface area contributed by atoms with E-state index in [0.29, 0.717) is 32.5 Å². The first-order valence-electron chi connectivity index (χ1n) is 8.47. The fourth-order valence-electron chi connectivity index (χ4n) is 2.94. The number of carbonyl (C=O) groups excluding carboxylic acids is 2. The number of hydrogen-bond donors (Lipinski definition) is 0. The van der Waals surface area contributed by atoms with Crippen LogP contribution >= 0.6 is 0 Å². The molecular formula is C18H24F2N2O4. The number of nitrogens with zero attached hydrogens (tertiary/aromatic N) is 2. The van der Waals surface area contributed by atoms with Gasteiger partial charge in [0.25, 0.3) is 0 Å². The lowest BCUT2D eigenvalue weighted by Gasteiger charge is -2.31. The molecule has 0 atom stereocenters. The lowest BCUT2D eigenvalue weighted by atomic mass is 9.97. The summed E-state index contributed by atoms with van der Waals surface area (Å²) in [6, 6.07) is 6.22. The number of methoxy groups -OCH3 is 1. The first-order valence-corrected chi connectivity index (χ1v) is 8.47. The topological polar surface area (TPSA) is 59.1 Å². The molecule has 1 aliphatic rings. The number of esters is 1. The molecule has 1 aromatic carbocycles. The molecule has 0 N–H and O–H groups in total. The molecule has 1 aliphatic heterocycles. The highest BCUT2D eigenvalue weighted by molar-refractivity contribution is 5.78. The Balaban J connectivity index is 1.78. The molecule has 0 saturated carbocycles. The number of carbonyl (C=O) groups is 2. The zero-order valence-corrected chi connectivity index (χ0v) is 15.0. The van der Waals surface area contributed by atoms with Crippen LogP contribution < -0.4 is 4.74 Å². The van der Waals surface area contributed by atoms with Gasteiger partial charge in [-0.1, -0.05) is 12.1 Å². The van der Waals surface area contributed by atoms with Crippen molar-refractivity contribution in [3.8, 4) is 5.75 Å². The molecule has 0 bridgehead atoms. The molecule has 1 aromatic rings. The zero-order valence-electron chi connectivity index (χ0n) is 15.0. The third kappa shape index (κ3) is 5.94. The van der Waals surface area contributed by atoms with Crippen molar-refractivity contribution in [3.63, 3.8) is 0 Å². The Hall–Kier alpha value is -2.22. The van der Waals surface area contributed by atoms with Crippen LogP contribution in [0.1, 0.15) is 18.4 Å². The number of alkyl halides is 2. The average Bonchev–Trinajstić information content (AvgIpc) is 2.62. The predicted octanol–water partition coefficient (Wildman–Crippen LogP) is 2.13. The van der Waals surface area contributed by atoms with Gasteiger partial charge in [-0.05, 0) is 43.6 Å². The van der Waals surface area contributed by atoms with Gasteiger partial charge in [-0.25, -0.2) is 0 Å². The van der Waals surface area contributed by atoms with E-state index in [4.69, 9.17) is 4.74 Å². The maximum absolute atomic E-state index is 12.4. The van der Waals surface area contributed by atoms with Crippen molar-refractivity contribution in [3.05, 3.63) is 29.8 Å². The summed E-state index contributed by atoms with van der Waals surface area (Å²) in [7, 11) is 3.09. The van der Waals surface area contributed by atoms with Crippen molar-refractivity contribution in [1.29, 1.82) is 0 Å². The maximum Gasteiger partial charge on any atom is 0.387 e. The summed E-state index contributed by atoms with van der Waals surface area (Å²) < 4.78 is 33.3. The van der Waals surface area contributed by atoms with Crippen molar-refractivity contribution in [2.45, 2.75) is 26.0 Å². The van der Waals surface area contributed by atoms with Crippen molar-refractivity contribution < 1.29 is 27.8 Å². The summed E-state index contributed by atoms with van der Waals surface area (Å²) in [5.41, 5.74) is 0.826. The van der Waals surface area contributed by atoms with Gasteiger partial charge in [0.05, 0.1) is 19.6 Å². The normalized spacial score (nSPS) is 15.7. The summed E-state index contributed by atoms with van der Waals surface area (Å²) in [5.74, 6) is -0.217. The summed E-state index contributed by atoms with van der Waals surface area (Å²) in [5, 5.41) is 0. The van der Waals surface area contributed by atoms with E-state index < -0.39 is 6.61 Å². The molecule has 6 nitrogen and oxygen atoms in total. The fraction of sp³-hybridized carbons (Fsp3) is 0.556. The first-order chi connectivity index (χ1) is 12.4. The number of amides is 1. The van der Waals surface area contributed by atoms with Crippen LogP contribution in [-0.4, -0.2) is 62.1 Å². The lowest BCUT2D eigenvalue weighted by molar-refractivity contribution is -0.147. The van der Waals surface area contributed by atoms with Gasteiger partial charge in [-0.2, -0.15) is 8.78 Å². The van der Waals surface area contributed by atoms with Gasteiger partial charge < -0.3 is 14.4 Å². The summed E-state index contributed by atoms with van der Waals surface area (Å²) in [6.07, 6.45) is 1.38. The van der Waals surface area contributed by atoms with Crippen LogP contribution in [0.25, 0.3) is 0 Å². The van der Waals surface area contributed by atoms with E-state index in [9.17, 15) is 18.4 Å². The Bertz CT molecular complexity index is 602. The number of hydrogen-bond acceptors (Lipinski definition) is 5. The number of piperidine rings is 1. The second-order valence-corrected chi connectivity index (χ2v) is 6.35. The van der Waals surface area contributed by atoms with Crippen molar-refractivity contribution in [2.24, 2.45) is 5.92 Å². The van der Waals surface area contributed by atoms with Crippen molar-refractivity contribution >= 4 is 11.9 Å². The Morgan fingerprint density at radius 3 is 2.38 bits per heavy atom. The molecule has 0 aromatic heterocycles. The van der Waals surface area contributed by atoms with Crippen LogP contribution in [0.2, 0.25) is 0 Å². The third-order valence-electron chi connectivity index (χ3n) is 4.47. The number of likely N-dealkylation sites (tertiary alicyclic amines) is 1. The molecule has 2 rings (SSSR count). The minimum atomic E-state index is -2.85. The second-order valence-electron chi connectivity index (χ2n) is 6.35. The molecule has 8 heteroatoms. The predicted molar refractivity (Wildman–Crippen MR) is 90.7 cm³/mol. The van der Waals surface area contributed by atoms with Gasteiger partial charge in [0.1, 0.15) is 5.75 Å². The SMILES string of the molecule is COC(=O)C1CCN(CC(=O)N(C)Cc2ccc(OC(F)F)cc2)CC1. The van der Waals surface area contributed by atoms with E-state index in [2.05, 4.69) is 4.74 Å². The highest BCUT2D eigenvalue weighted by Crippen LogP contribution is 2.19.